The molecule has 1 spiro atoms. The lowest BCUT2D eigenvalue weighted by Crippen LogP contribution is -2.76. The van der Waals surface area contributed by atoms with Crippen molar-refractivity contribution < 1.29 is 38.7 Å². The summed E-state index contributed by atoms with van der Waals surface area (Å²) in [6.07, 6.45) is 0.893. The van der Waals surface area contributed by atoms with Gasteiger partial charge < -0.3 is 33.9 Å². The van der Waals surface area contributed by atoms with Crippen LogP contribution in [0.5, 0.6) is 11.5 Å². The second-order valence-electron chi connectivity index (χ2n) is 11.4. The molecule has 2 saturated heterocycles. The standard InChI is InChI=1S/C25H32O8/c1-12-14-11-30-20(27)17(14)19(29-6)13-9-15-22(4)7-8-24(28)32-21(2,3)25(22,33-24)16(26)10-23(15,5)31-18(12)13/h15-16,26,28H,7-11H2,1-6H3/t15-,16+,22+,23-,24-,25+/m1/s1. The highest BCUT2D eigenvalue weighted by Crippen LogP contribution is 2.70. The fourth-order valence-electron chi connectivity index (χ4n) is 8.09. The van der Waals surface area contributed by atoms with E-state index in [2.05, 4.69) is 6.92 Å². The molecule has 6 rings (SSSR count). The number of ether oxygens (including phenoxy) is 5. The molecule has 2 bridgehead atoms. The van der Waals surface area contributed by atoms with Gasteiger partial charge in [0.1, 0.15) is 40.5 Å². The number of rotatable bonds is 1. The Bertz CT molecular complexity index is 1100. The number of aliphatic hydroxyl groups excluding tert-OH is 1. The first kappa shape index (κ1) is 21.6. The average Bonchev–Trinajstić information content (AvgIpc) is 3.19. The topological polar surface area (TPSA) is 104 Å². The molecule has 4 heterocycles. The van der Waals surface area contributed by atoms with Crippen molar-refractivity contribution in [2.24, 2.45) is 11.3 Å². The highest BCUT2D eigenvalue weighted by atomic mass is 16.9. The molecule has 0 unspecified atom stereocenters. The smallest absolute Gasteiger partial charge is 0.342 e. The van der Waals surface area contributed by atoms with E-state index < -0.39 is 34.3 Å². The summed E-state index contributed by atoms with van der Waals surface area (Å²) < 4.78 is 30.2. The van der Waals surface area contributed by atoms with E-state index in [-0.39, 0.29) is 18.5 Å². The van der Waals surface area contributed by atoms with Gasteiger partial charge in [-0.25, -0.2) is 4.79 Å². The minimum atomic E-state index is -1.70. The molecule has 1 aromatic rings. The molecule has 180 valence electrons. The van der Waals surface area contributed by atoms with Crippen LogP contribution in [0.15, 0.2) is 0 Å². The third-order valence-corrected chi connectivity index (χ3v) is 9.38. The molecule has 1 saturated carbocycles. The second kappa shape index (κ2) is 6.03. The molecule has 8 nitrogen and oxygen atoms in total. The van der Waals surface area contributed by atoms with Gasteiger partial charge in [0.25, 0.3) is 5.97 Å². The Morgan fingerprint density at radius 3 is 2.52 bits per heavy atom. The monoisotopic (exact) mass is 460 g/mol. The van der Waals surface area contributed by atoms with Crippen molar-refractivity contribution in [2.75, 3.05) is 7.11 Å². The van der Waals surface area contributed by atoms with E-state index in [0.717, 1.165) is 16.7 Å². The van der Waals surface area contributed by atoms with E-state index in [9.17, 15) is 15.0 Å². The number of fused-ring (bicyclic) bond motifs is 5. The summed E-state index contributed by atoms with van der Waals surface area (Å²) >= 11 is 0. The van der Waals surface area contributed by atoms with Crippen molar-refractivity contribution in [2.45, 2.75) is 95.8 Å². The van der Waals surface area contributed by atoms with Gasteiger partial charge in [0, 0.05) is 35.3 Å². The van der Waals surface area contributed by atoms with Gasteiger partial charge in [-0.3, -0.25) is 0 Å². The Labute approximate surface area is 193 Å². The van der Waals surface area contributed by atoms with Crippen LogP contribution in [0.25, 0.3) is 0 Å². The highest BCUT2D eigenvalue weighted by Gasteiger charge is 2.80. The molecule has 8 heteroatoms. The molecule has 4 aliphatic heterocycles. The van der Waals surface area contributed by atoms with E-state index in [1.807, 2.05) is 27.7 Å². The molecular formula is C25H32O8. The summed E-state index contributed by atoms with van der Waals surface area (Å²) in [5.41, 5.74) is -0.292. The molecule has 2 N–H and O–H groups in total. The first-order chi connectivity index (χ1) is 15.3. The van der Waals surface area contributed by atoms with Crippen molar-refractivity contribution in [3.8, 4) is 11.5 Å². The van der Waals surface area contributed by atoms with Gasteiger partial charge in [0.2, 0.25) is 0 Å². The van der Waals surface area contributed by atoms with E-state index in [0.29, 0.717) is 42.7 Å². The summed E-state index contributed by atoms with van der Waals surface area (Å²) in [4.78, 5) is 12.5. The van der Waals surface area contributed by atoms with E-state index in [1.54, 1.807) is 7.11 Å². The summed E-state index contributed by atoms with van der Waals surface area (Å²) in [5.74, 6) is -0.947. The van der Waals surface area contributed by atoms with Gasteiger partial charge in [-0.15, -0.1) is 0 Å². The van der Waals surface area contributed by atoms with Crippen LogP contribution < -0.4 is 9.47 Å². The molecule has 5 aliphatic rings. The van der Waals surface area contributed by atoms with Gasteiger partial charge >= 0.3 is 5.97 Å². The first-order valence-corrected chi connectivity index (χ1v) is 11.7. The normalized spacial score (nSPS) is 44.2. The number of aliphatic hydroxyl groups is 2. The molecule has 1 aromatic carbocycles. The lowest BCUT2D eigenvalue weighted by molar-refractivity contribution is -0.384. The van der Waals surface area contributed by atoms with Gasteiger partial charge in [-0.1, -0.05) is 6.92 Å². The average molecular weight is 461 g/mol. The quantitative estimate of drug-likeness (QED) is 0.617. The molecule has 33 heavy (non-hydrogen) atoms. The summed E-state index contributed by atoms with van der Waals surface area (Å²) in [5, 5.41) is 22.6. The van der Waals surface area contributed by atoms with Crippen molar-refractivity contribution in [3.63, 3.8) is 0 Å². The maximum Gasteiger partial charge on any atom is 0.342 e. The van der Waals surface area contributed by atoms with Crippen LogP contribution in [0, 0.1) is 18.3 Å². The maximum absolute atomic E-state index is 12.5. The van der Waals surface area contributed by atoms with Gasteiger partial charge in [-0.05, 0) is 46.1 Å². The third kappa shape index (κ3) is 2.29. The van der Waals surface area contributed by atoms with E-state index >= 15 is 0 Å². The Balaban J connectivity index is 1.56. The molecule has 3 fully saturated rings. The summed E-state index contributed by atoms with van der Waals surface area (Å²) in [6.45, 7) is 10.1. The molecule has 0 aromatic heterocycles. The number of carbonyl (C=O) groups is 1. The largest absolute Gasteiger partial charge is 0.495 e. The van der Waals surface area contributed by atoms with Crippen LogP contribution in [0.1, 0.15) is 74.0 Å². The Morgan fingerprint density at radius 1 is 1.09 bits per heavy atom. The zero-order valence-electron chi connectivity index (χ0n) is 20.0. The van der Waals surface area contributed by atoms with Crippen LogP contribution in [0.3, 0.4) is 0 Å². The van der Waals surface area contributed by atoms with Crippen LogP contribution in [0.2, 0.25) is 0 Å². The first-order valence-electron chi connectivity index (χ1n) is 11.7. The molecule has 1 aliphatic carbocycles. The van der Waals surface area contributed by atoms with E-state index in [4.69, 9.17) is 23.7 Å². The van der Waals surface area contributed by atoms with Crippen LogP contribution in [-0.2, 0) is 27.2 Å². The highest BCUT2D eigenvalue weighted by molar-refractivity contribution is 5.98. The number of hydrogen-bond acceptors (Lipinski definition) is 8. The number of cyclic esters (lactones) is 1. The lowest BCUT2D eigenvalue weighted by Gasteiger charge is -2.66. The molecule has 6 atom stereocenters. The zero-order chi connectivity index (χ0) is 23.8. The predicted octanol–water partition coefficient (Wildman–Crippen LogP) is 2.76. The van der Waals surface area contributed by atoms with Crippen molar-refractivity contribution in [1.82, 2.24) is 0 Å². The zero-order valence-corrected chi connectivity index (χ0v) is 20.0. The molecule has 0 radical (unpaired) electrons. The van der Waals surface area contributed by atoms with Gasteiger partial charge in [0.15, 0.2) is 0 Å². The lowest BCUT2D eigenvalue weighted by atomic mass is 9.46. The van der Waals surface area contributed by atoms with E-state index in [1.165, 1.54) is 0 Å². The van der Waals surface area contributed by atoms with Gasteiger partial charge in [0.05, 0.1) is 13.2 Å². The minimum Gasteiger partial charge on any atom is -0.495 e. The molecule has 0 amide bonds. The number of carbonyl (C=O) groups excluding carboxylic acids is 1. The Morgan fingerprint density at radius 2 is 1.82 bits per heavy atom. The predicted molar refractivity (Wildman–Crippen MR) is 115 cm³/mol. The number of benzene rings is 1. The maximum atomic E-state index is 12.5. The fourth-order valence-corrected chi connectivity index (χ4v) is 8.09. The van der Waals surface area contributed by atoms with Crippen molar-refractivity contribution >= 4 is 5.97 Å². The number of hydrogen-bond donors (Lipinski definition) is 2. The fraction of sp³-hybridized carbons (Fsp3) is 0.720. The summed E-state index contributed by atoms with van der Waals surface area (Å²) in [6, 6.07) is 0. The number of esters is 1. The van der Waals surface area contributed by atoms with Crippen molar-refractivity contribution in [1.29, 1.82) is 0 Å². The second-order valence-corrected chi connectivity index (χ2v) is 11.4. The van der Waals surface area contributed by atoms with Crippen molar-refractivity contribution in [3.05, 3.63) is 22.3 Å². The van der Waals surface area contributed by atoms with Crippen LogP contribution in [0.4, 0.5) is 0 Å². The van der Waals surface area contributed by atoms with Crippen LogP contribution in [-0.4, -0.2) is 52.2 Å². The minimum absolute atomic E-state index is 0.0878. The Hall–Kier alpha value is -1.87. The SMILES string of the molecule is COc1c2c(c(C)c3c1C(=O)OC3)O[C@]1(C)C[C@H](O)[C@@]34O[C@@](O)(CC[C@@]3(C)[C@H]1C2)OC4(C)C. The Kier molecular flexibility index (Phi) is 3.95. The van der Waals surface area contributed by atoms with Crippen LogP contribution >= 0.6 is 0 Å². The summed E-state index contributed by atoms with van der Waals surface area (Å²) in [7, 11) is 1.57. The van der Waals surface area contributed by atoms with Gasteiger partial charge in [-0.2, -0.15) is 0 Å². The number of methoxy groups -OCH3 is 1. The molecular weight excluding hydrogens is 428 g/mol. The third-order valence-electron chi connectivity index (χ3n) is 9.38.